The van der Waals surface area contributed by atoms with E-state index in [1.165, 1.54) is 0 Å². The van der Waals surface area contributed by atoms with Gasteiger partial charge in [0.1, 0.15) is 17.9 Å². The summed E-state index contributed by atoms with van der Waals surface area (Å²) >= 11 is 0. The second-order valence-electron chi connectivity index (χ2n) is 6.99. The largest absolute Gasteiger partial charge is 0.445 e. The van der Waals surface area contributed by atoms with Crippen molar-refractivity contribution in [1.29, 1.82) is 0 Å². The molecule has 0 aliphatic heterocycles. The Hall–Kier alpha value is -3.61. The summed E-state index contributed by atoms with van der Waals surface area (Å²) in [5.74, 6) is -0.195. The minimum Gasteiger partial charge on any atom is -0.445 e. The van der Waals surface area contributed by atoms with E-state index < -0.39 is 17.7 Å². The third-order valence-electron chi connectivity index (χ3n) is 4.69. The number of hydrogen-bond acceptors (Lipinski definition) is 6. The molecule has 1 amide bonds. The molecule has 3 rings (SSSR count). The van der Waals surface area contributed by atoms with Crippen molar-refractivity contribution in [3.8, 4) is 5.75 Å². The van der Waals surface area contributed by atoms with Crippen LogP contribution in [0.3, 0.4) is 0 Å². The van der Waals surface area contributed by atoms with Crippen molar-refractivity contribution in [2.45, 2.75) is 33.8 Å². The molecule has 0 unspecified atom stereocenters. The lowest BCUT2D eigenvalue weighted by Crippen LogP contribution is -2.27. The average molecular weight is 409 g/mol. The molecule has 0 saturated carbocycles. The second kappa shape index (κ2) is 9.26. The molecule has 7 nitrogen and oxygen atoms in total. The molecule has 0 radical (unpaired) electrons. The number of aryl methyl sites for hydroxylation is 2. The highest BCUT2D eigenvalue weighted by Crippen LogP contribution is 2.31. The summed E-state index contributed by atoms with van der Waals surface area (Å²) in [6.45, 7) is 5.48. The predicted octanol–water partition coefficient (Wildman–Crippen LogP) is 3.94. The lowest BCUT2D eigenvalue weighted by Gasteiger charge is -2.12. The zero-order valence-electron chi connectivity index (χ0n) is 17.1. The summed E-state index contributed by atoms with van der Waals surface area (Å²) < 4.78 is 15.9. The standard InChI is InChI=1S/C23H23NO6/c1-14-11-18(21-15(2)16(3)22(26)30-19(21)12-14)29-20(25)9-10-24-23(27)28-13-17-7-5-4-6-8-17/h4-8,11-12H,9-10,13H2,1-3H3,(H,24,27). The van der Waals surface area contributed by atoms with Crippen molar-refractivity contribution in [2.24, 2.45) is 0 Å². The molecule has 3 aromatic rings. The fraction of sp³-hybridized carbons (Fsp3) is 0.261. The van der Waals surface area contributed by atoms with Crippen LogP contribution in [0.1, 0.15) is 28.7 Å². The Morgan fingerprint density at radius 1 is 1.03 bits per heavy atom. The van der Waals surface area contributed by atoms with Crippen LogP contribution in [0, 0.1) is 20.8 Å². The molecule has 2 aromatic carbocycles. The first-order valence-corrected chi connectivity index (χ1v) is 9.55. The molecule has 156 valence electrons. The summed E-state index contributed by atoms with van der Waals surface area (Å²) in [7, 11) is 0. The van der Waals surface area contributed by atoms with Gasteiger partial charge >= 0.3 is 17.7 Å². The molecular weight excluding hydrogens is 386 g/mol. The van der Waals surface area contributed by atoms with Gasteiger partial charge in [0.2, 0.25) is 0 Å². The molecule has 7 heteroatoms. The Balaban J connectivity index is 1.58. The molecule has 30 heavy (non-hydrogen) atoms. The van der Waals surface area contributed by atoms with Gasteiger partial charge in [-0.15, -0.1) is 0 Å². The van der Waals surface area contributed by atoms with Gasteiger partial charge in [-0.25, -0.2) is 9.59 Å². The highest BCUT2D eigenvalue weighted by Gasteiger charge is 2.16. The van der Waals surface area contributed by atoms with Crippen LogP contribution in [-0.4, -0.2) is 18.6 Å². The first-order chi connectivity index (χ1) is 14.3. The van der Waals surface area contributed by atoms with Gasteiger partial charge in [-0.05, 0) is 49.6 Å². The third-order valence-corrected chi connectivity index (χ3v) is 4.69. The summed E-state index contributed by atoms with van der Waals surface area (Å²) in [4.78, 5) is 36.0. The molecule has 0 bridgehead atoms. The van der Waals surface area contributed by atoms with Crippen LogP contribution in [0.2, 0.25) is 0 Å². The quantitative estimate of drug-likeness (QED) is 0.376. The summed E-state index contributed by atoms with van der Waals surface area (Å²) in [6, 6.07) is 12.7. The van der Waals surface area contributed by atoms with Crippen molar-refractivity contribution in [2.75, 3.05) is 6.54 Å². The van der Waals surface area contributed by atoms with Crippen molar-refractivity contribution >= 4 is 23.0 Å². The number of ether oxygens (including phenoxy) is 2. The van der Waals surface area contributed by atoms with E-state index in [-0.39, 0.29) is 19.6 Å². The van der Waals surface area contributed by atoms with Crippen LogP contribution in [0.4, 0.5) is 4.79 Å². The minimum absolute atomic E-state index is 0.0370. The second-order valence-corrected chi connectivity index (χ2v) is 6.99. The molecule has 0 aliphatic carbocycles. The first-order valence-electron chi connectivity index (χ1n) is 9.55. The maximum atomic E-state index is 12.3. The van der Waals surface area contributed by atoms with E-state index in [1.54, 1.807) is 26.0 Å². The minimum atomic E-state index is -0.610. The van der Waals surface area contributed by atoms with E-state index in [9.17, 15) is 14.4 Å². The number of carbonyl (C=O) groups excluding carboxylic acids is 2. The van der Waals surface area contributed by atoms with Gasteiger partial charge in [-0.3, -0.25) is 4.79 Å². The SMILES string of the molecule is Cc1cc(OC(=O)CCNC(=O)OCc2ccccc2)c2c(C)c(C)c(=O)oc2c1. The van der Waals surface area contributed by atoms with E-state index in [0.717, 1.165) is 11.1 Å². The van der Waals surface area contributed by atoms with Gasteiger partial charge in [-0.1, -0.05) is 30.3 Å². The van der Waals surface area contributed by atoms with Crippen LogP contribution < -0.4 is 15.7 Å². The Labute approximate surface area is 173 Å². The smallest absolute Gasteiger partial charge is 0.407 e. The lowest BCUT2D eigenvalue weighted by molar-refractivity contribution is -0.134. The number of alkyl carbamates (subject to hydrolysis) is 1. The van der Waals surface area contributed by atoms with Gasteiger partial charge in [0.25, 0.3) is 0 Å². The number of amides is 1. The summed E-state index contributed by atoms with van der Waals surface area (Å²) in [6.07, 6.45) is -0.647. The number of rotatable bonds is 6. The normalized spacial score (nSPS) is 10.6. The number of benzene rings is 2. The molecule has 0 atom stereocenters. The molecule has 1 heterocycles. The fourth-order valence-corrected chi connectivity index (χ4v) is 2.98. The van der Waals surface area contributed by atoms with Crippen molar-refractivity contribution in [3.63, 3.8) is 0 Å². The van der Waals surface area contributed by atoms with Crippen LogP contribution >= 0.6 is 0 Å². The van der Waals surface area contributed by atoms with Gasteiger partial charge in [0.15, 0.2) is 0 Å². The van der Waals surface area contributed by atoms with Gasteiger partial charge in [0, 0.05) is 12.1 Å². The Bertz CT molecular complexity index is 1130. The molecule has 1 aromatic heterocycles. The van der Waals surface area contributed by atoms with Crippen LogP contribution in [-0.2, 0) is 16.1 Å². The van der Waals surface area contributed by atoms with Gasteiger partial charge in [-0.2, -0.15) is 0 Å². The van der Waals surface area contributed by atoms with E-state index in [2.05, 4.69) is 5.32 Å². The molecule has 1 N–H and O–H groups in total. The van der Waals surface area contributed by atoms with E-state index in [4.69, 9.17) is 13.9 Å². The summed E-state index contributed by atoms with van der Waals surface area (Å²) in [5.41, 5.74) is 2.78. The highest BCUT2D eigenvalue weighted by molar-refractivity contribution is 5.90. The maximum absolute atomic E-state index is 12.3. The van der Waals surface area contributed by atoms with E-state index >= 15 is 0 Å². The zero-order chi connectivity index (χ0) is 21.7. The number of nitrogens with one attached hydrogen (secondary N) is 1. The molecule has 0 aliphatic rings. The summed E-state index contributed by atoms with van der Waals surface area (Å²) in [5, 5.41) is 3.11. The zero-order valence-corrected chi connectivity index (χ0v) is 17.1. The van der Waals surface area contributed by atoms with E-state index in [0.29, 0.717) is 27.8 Å². The number of hydrogen-bond donors (Lipinski definition) is 1. The molecule has 0 saturated heterocycles. The maximum Gasteiger partial charge on any atom is 0.407 e. The van der Waals surface area contributed by atoms with Crippen molar-refractivity contribution in [1.82, 2.24) is 5.32 Å². The van der Waals surface area contributed by atoms with Crippen LogP contribution in [0.15, 0.2) is 51.7 Å². The Morgan fingerprint density at radius 3 is 2.50 bits per heavy atom. The highest BCUT2D eigenvalue weighted by atomic mass is 16.5. The lowest BCUT2D eigenvalue weighted by atomic mass is 10.0. The Kier molecular flexibility index (Phi) is 6.51. The van der Waals surface area contributed by atoms with Crippen LogP contribution in [0.25, 0.3) is 11.0 Å². The predicted molar refractivity (Wildman–Crippen MR) is 112 cm³/mol. The molecular formula is C23H23NO6. The number of fused-ring (bicyclic) bond motifs is 1. The van der Waals surface area contributed by atoms with Crippen molar-refractivity contribution in [3.05, 3.63) is 75.1 Å². The fourth-order valence-electron chi connectivity index (χ4n) is 2.98. The average Bonchev–Trinajstić information content (AvgIpc) is 2.71. The number of carbonyl (C=O) groups is 2. The van der Waals surface area contributed by atoms with Gasteiger partial charge < -0.3 is 19.2 Å². The first kappa shape index (κ1) is 21.1. The van der Waals surface area contributed by atoms with Crippen molar-refractivity contribution < 1.29 is 23.5 Å². The topological polar surface area (TPSA) is 94.8 Å². The third kappa shape index (κ3) is 5.05. The van der Waals surface area contributed by atoms with Crippen LogP contribution in [0.5, 0.6) is 5.75 Å². The monoisotopic (exact) mass is 409 g/mol. The molecule has 0 spiro atoms. The number of esters is 1. The molecule has 0 fully saturated rings. The van der Waals surface area contributed by atoms with Gasteiger partial charge in [0.05, 0.1) is 11.8 Å². The Morgan fingerprint density at radius 2 is 1.77 bits per heavy atom. The van der Waals surface area contributed by atoms with E-state index in [1.807, 2.05) is 37.3 Å².